The molecule has 0 aliphatic carbocycles. The molecule has 0 unspecified atom stereocenters. The zero-order valence-corrected chi connectivity index (χ0v) is 9.31. The molecule has 0 amide bonds. The Morgan fingerprint density at radius 1 is 1.21 bits per heavy atom. The molecule has 2 rings (SSSR count). The van der Waals surface area contributed by atoms with Crippen LogP contribution in [0.15, 0.2) is 24.3 Å². The Hall–Kier alpha value is -0.830. The van der Waals surface area contributed by atoms with Crippen molar-refractivity contribution in [3.63, 3.8) is 0 Å². The Labute approximate surface area is 89.7 Å². The second kappa shape index (κ2) is 4.60. The molecule has 1 aliphatic rings. The first-order valence-corrected chi connectivity index (χ1v) is 6.17. The molecule has 1 heterocycles. The van der Waals surface area contributed by atoms with Gasteiger partial charge in [-0.3, -0.25) is 0 Å². The topological polar surface area (TPSA) is 15.3 Å². The van der Waals surface area contributed by atoms with Crippen molar-refractivity contribution < 1.29 is 0 Å². The Morgan fingerprint density at radius 3 is 2.64 bits per heavy atom. The van der Waals surface area contributed by atoms with Crippen molar-refractivity contribution in [2.75, 3.05) is 41.9 Å². The molecule has 1 saturated heterocycles. The highest BCUT2D eigenvalue weighted by Crippen LogP contribution is 2.27. The van der Waals surface area contributed by atoms with Gasteiger partial charge in [0.25, 0.3) is 0 Å². The minimum Gasteiger partial charge on any atom is -0.386 e. The van der Waals surface area contributed by atoms with Crippen molar-refractivity contribution in [2.24, 2.45) is 0 Å². The summed E-state index contributed by atoms with van der Waals surface area (Å²) in [7, 11) is 1.98. The molecule has 3 heteroatoms. The number of anilines is 2. The van der Waals surface area contributed by atoms with E-state index in [1.165, 1.54) is 36.0 Å². The minimum atomic E-state index is 1.17. The van der Waals surface area contributed by atoms with Gasteiger partial charge in [-0.1, -0.05) is 12.1 Å². The number of nitrogens with zero attached hydrogens (tertiary/aromatic N) is 1. The number of hydrogen-bond acceptors (Lipinski definition) is 3. The summed E-state index contributed by atoms with van der Waals surface area (Å²) in [5.41, 5.74) is 2.58. The van der Waals surface area contributed by atoms with Gasteiger partial charge in [-0.05, 0) is 12.1 Å². The van der Waals surface area contributed by atoms with Gasteiger partial charge >= 0.3 is 0 Å². The summed E-state index contributed by atoms with van der Waals surface area (Å²) in [6.45, 7) is 2.34. The number of rotatable bonds is 2. The van der Waals surface area contributed by atoms with Crippen molar-refractivity contribution in [1.29, 1.82) is 0 Å². The van der Waals surface area contributed by atoms with Crippen LogP contribution in [0.2, 0.25) is 0 Å². The van der Waals surface area contributed by atoms with Crippen LogP contribution in [0.4, 0.5) is 11.4 Å². The molecule has 0 atom stereocenters. The summed E-state index contributed by atoms with van der Waals surface area (Å²) in [6, 6.07) is 8.52. The maximum absolute atomic E-state index is 3.24. The van der Waals surface area contributed by atoms with Crippen molar-refractivity contribution in [3.05, 3.63) is 24.3 Å². The van der Waals surface area contributed by atoms with Gasteiger partial charge < -0.3 is 10.2 Å². The molecule has 0 spiro atoms. The van der Waals surface area contributed by atoms with Gasteiger partial charge in [0.1, 0.15) is 0 Å². The Balaban J connectivity index is 2.20. The lowest BCUT2D eigenvalue weighted by Crippen LogP contribution is -2.32. The Kier molecular flexibility index (Phi) is 3.19. The number of nitrogens with one attached hydrogen (secondary N) is 1. The van der Waals surface area contributed by atoms with E-state index in [0.717, 1.165) is 0 Å². The van der Waals surface area contributed by atoms with Gasteiger partial charge in [0.2, 0.25) is 0 Å². The number of hydrogen-bond donors (Lipinski definition) is 1. The summed E-state index contributed by atoms with van der Waals surface area (Å²) in [5.74, 6) is 2.50. The van der Waals surface area contributed by atoms with Crippen LogP contribution in [-0.2, 0) is 0 Å². The van der Waals surface area contributed by atoms with Crippen molar-refractivity contribution in [2.45, 2.75) is 0 Å². The SMILES string of the molecule is CNc1ccccc1N1CCSCC1. The van der Waals surface area contributed by atoms with E-state index in [-0.39, 0.29) is 0 Å². The van der Waals surface area contributed by atoms with Gasteiger partial charge in [-0.25, -0.2) is 0 Å². The maximum atomic E-state index is 3.24. The summed E-state index contributed by atoms with van der Waals surface area (Å²) in [5, 5.41) is 3.24. The van der Waals surface area contributed by atoms with E-state index in [4.69, 9.17) is 0 Å². The van der Waals surface area contributed by atoms with Gasteiger partial charge in [0, 0.05) is 31.6 Å². The van der Waals surface area contributed by atoms with Crippen LogP contribution < -0.4 is 10.2 Å². The average molecular weight is 208 g/mol. The highest BCUT2D eigenvalue weighted by Gasteiger charge is 2.13. The summed E-state index contributed by atoms with van der Waals surface area (Å²) in [4.78, 5) is 2.46. The third-order valence-corrected chi connectivity index (χ3v) is 3.47. The summed E-state index contributed by atoms with van der Waals surface area (Å²) >= 11 is 2.04. The fourth-order valence-corrected chi connectivity index (χ4v) is 2.67. The average Bonchev–Trinajstić information content (AvgIpc) is 2.30. The second-order valence-electron chi connectivity index (χ2n) is 3.37. The maximum Gasteiger partial charge on any atom is 0.0602 e. The van der Waals surface area contributed by atoms with E-state index >= 15 is 0 Å². The number of para-hydroxylation sites is 2. The molecule has 14 heavy (non-hydrogen) atoms. The lowest BCUT2D eigenvalue weighted by molar-refractivity contribution is 0.859. The molecule has 2 nitrogen and oxygen atoms in total. The lowest BCUT2D eigenvalue weighted by Gasteiger charge is -2.30. The molecule has 0 bridgehead atoms. The first-order chi connectivity index (χ1) is 6.92. The lowest BCUT2D eigenvalue weighted by atomic mass is 10.2. The quantitative estimate of drug-likeness (QED) is 0.802. The molecule has 1 N–H and O–H groups in total. The predicted octanol–water partition coefficient (Wildman–Crippen LogP) is 2.28. The molecule has 0 radical (unpaired) electrons. The van der Waals surface area contributed by atoms with E-state index in [0.29, 0.717) is 0 Å². The van der Waals surface area contributed by atoms with E-state index < -0.39 is 0 Å². The van der Waals surface area contributed by atoms with Crippen LogP contribution >= 0.6 is 11.8 Å². The molecule has 76 valence electrons. The van der Waals surface area contributed by atoms with Crippen LogP contribution in [0.1, 0.15) is 0 Å². The van der Waals surface area contributed by atoms with Crippen molar-refractivity contribution in [1.82, 2.24) is 0 Å². The highest BCUT2D eigenvalue weighted by atomic mass is 32.2. The van der Waals surface area contributed by atoms with E-state index in [1.54, 1.807) is 0 Å². The standard InChI is InChI=1S/C11H16N2S/c1-12-10-4-2-3-5-11(10)13-6-8-14-9-7-13/h2-5,12H,6-9H2,1H3. The second-order valence-corrected chi connectivity index (χ2v) is 4.59. The summed E-state index contributed by atoms with van der Waals surface area (Å²) < 4.78 is 0. The fourth-order valence-electron chi connectivity index (χ4n) is 1.77. The van der Waals surface area contributed by atoms with E-state index in [2.05, 4.69) is 34.5 Å². The minimum absolute atomic E-state index is 1.17. The summed E-state index contributed by atoms with van der Waals surface area (Å²) in [6.07, 6.45) is 0. The van der Waals surface area contributed by atoms with Gasteiger partial charge in [0.15, 0.2) is 0 Å². The van der Waals surface area contributed by atoms with E-state index in [9.17, 15) is 0 Å². The molecular formula is C11H16N2S. The van der Waals surface area contributed by atoms with E-state index in [1.807, 2.05) is 18.8 Å². The zero-order valence-electron chi connectivity index (χ0n) is 8.49. The molecule has 1 aromatic carbocycles. The van der Waals surface area contributed by atoms with Crippen LogP contribution in [0.3, 0.4) is 0 Å². The van der Waals surface area contributed by atoms with Gasteiger partial charge in [0.05, 0.1) is 11.4 Å². The molecule has 0 aromatic heterocycles. The fraction of sp³-hybridized carbons (Fsp3) is 0.455. The molecular weight excluding hydrogens is 192 g/mol. The van der Waals surface area contributed by atoms with Gasteiger partial charge in [-0.15, -0.1) is 0 Å². The van der Waals surface area contributed by atoms with Crippen molar-refractivity contribution >= 4 is 23.1 Å². The first-order valence-electron chi connectivity index (χ1n) is 5.01. The molecule has 1 fully saturated rings. The van der Waals surface area contributed by atoms with Crippen molar-refractivity contribution in [3.8, 4) is 0 Å². The van der Waals surface area contributed by atoms with Gasteiger partial charge in [-0.2, -0.15) is 11.8 Å². The van der Waals surface area contributed by atoms with Crippen LogP contribution in [0.25, 0.3) is 0 Å². The smallest absolute Gasteiger partial charge is 0.0602 e. The number of thioether (sulfide) groups is 1. The largest absolute Gasteiger partial charge is 0.386 e. The van der Waals surface area contributed by atoms with Crippen LogP contribution in [-0.4, -0.2) is 31.6 Å². The predicted molar refractivity (Wildman–Crippen MR) is 65.5 cm³/mol. The third-order valence-electron chi connectivity index (χ3n) is 2.53. The number of benzene rings is 1. The normalized spacial score (nSPS) is 16.8. The third kappa shape index (κ3) is 1.98. The first kappa shape index (κ1) is 9.71. The molecule has 0 saturated carbocycles. The zero-order chi connectivity index (χ0) is 9.80. The monoisotopic (exact) mass is 208 g/mol. The Morgan fingerprint density at radius 2 is 1.93 bits per heavy atom. The molecule has 1 aromatic rings. The highest BCUT2D eigenvalue weighted by molar-refractivity contribution is 7.99. The Bertz CT molecular complexity index is 295. The van der Waals surface area contributed by atoms with Crippen LogP contribution in [0.5, 0.6) is 0 Å². The van der Waals surface area contributed by atoms with Crippen LogP contribution in [0, 0.1) is 0 Å². The molecule has 1 aliphatic heterocycles.